The van der Waals surface area contributed by atoms with E-state index in [0.29, 0.717) is 28.3 Å². The van der Waals surface area contributed by atoms with Gasteiger partial charge in [-0.1, -0.05) is 29.6 Å². The number of carbonyl (C=O) groups excluding carboxylic acids is 1. The lowest BCUT2D eigenvalue weighted by Crippen LogP contribution is -2.42. The third-order valence-corrected chi connectivity index (χ3v) is 4.05. The van der Waals surface area contributed by atoms with E-state index in [9.17, 15) is 4.79 Å². The molecule has 1 N–H and O–H groups in total. The Morgan fingerprint density at radius 1 is 1.42 bits per heavy atom. The van der Waals surface area contributed by atoms with Crippen molar-refractivity contribution in [3.63, 3.8) is 0 Å². The Hall–Kier alpha value is -0.770. The highest BCUT2D eigenvalue weighted by atomic mass is 35.5. The van der Waals surface area contributed by atoms with Crippen molar-refractivity contribution in [3.8, 4) is 0 Å². The van der Waals surface area contributed by atoms with Crippen LogP contribution in [0.25, 0.3) is 0 Å². The van der Waals surface area contributed by atoms with Gasteiger partial charge in [0, 0.05) is 11.1 Å². The van der Waals surface area contributed by atoms with Crippen LogP contribution in [0.1, 0.15) is 26.2 Å². The molecule has 3 nitrogen and oxygen atoms in total. The first-order valence-electron chi connectivity index (χ1n) is 6.55. The van der Waals surface area contributed by atoms with Gasteiger partial charge in [-0.25, -0.2) is 0 Å². The van der Waals surface area contributed by atoms with Crippen LogP contribution in [0.4, 0.5) is 5.69 Å². The number of carbonyl (C=O) groups is 1. The van der Waals surface area contributed by atoms with E-state index in [1.54, 1.807) is 18.2 Å². The van der Waals surface area contributed by atoms with E-state index in [1.165, 1.54) is 6.42 Å². The fourth-order valence-corrected chi connectivity index (χ4v) is 2.70. The summed E-state index contributed by atoms with van der Waals surface area (Å²) in [6.45, 7) is 3.56. The summed E-state index contributed by atoms with van der Waals surface area (Å²) in [5, 5.41) is 3.89. The zero-order valence-electron chi connectivity index (χ0n) is 11.0. The quantitative estimate of drug-likeness (QED) is 0.921. The standard InChI is InChI=1S/C14H18Cl2N2O/c1-10-4-2-3-7-18(10)9-14(19)17-13-8-11(15)5-6-12(13)16/h5-6,8,10H,2-4,7,9H2,1H3,(H,17,19). The molecule has 5 heteroatoms. The number of piperidine rings is 1. The summed E-state index contributed by atoms with van der Waals surface area (Å²) in [7, 11) is 0. The SMILES string of the molecule is CC1CCCCN1CC(=O)Nc1cc(Cl)ccc1Cl. The van der Waals surface area contributed by atoms with Gasteiger partial charge in [-0.3, -0.25) is 9.69 Å². The number of anilines is 1. The minimum absolute atomic E-state index is 0.0436. The molecule has 0 radical (unpaired) electrons. The highest BCUT2D eigenvalue weighted by Gasteiger charge is 2.20. The van der Waals surface area contributed by atoms with Crippen molar-refractivity contribution >= 4 is 34.8 Å². The molecule has 1 aliphatic heterocycles. The molecule has 1 amide bonds. The zero-order valence-corrected chi connectivity index (χ0v) is 12.5. The molecule has 0 bridgehead atoms. The van der Waals surface area contributed by atoms with Crippen LogP contribution in [-0.2, 0) is 4.79 Å². The van der Waals surface area contributed by atoms with Crippen molar-refractivity contribution in [2.75, 3.05) is 18.4 Å². The van der Waals surface area contributed by atoms with Crippen LogP contribution >= 0.6 is 23.2 Å². The molecule has 1 aromatic carbocycles. The highest BCUT2D eigenvalue weighted by Crippen LogP contribution is 2.25. The van der Waals surface area contributed by atoms with E-state index >= 15 is 0 Å². The first kappa shape index (κ1) is 14.6. The Morgan fingerprint density at radius 3 is 2.95 bits per heavy atom. The van der Waals surface area contributed by atoms with E-state index in [2.05, 4.69) is 17.1 Å². The lowest BCUT2D eigenvalue weighted by Gasteiger charge is -2.32. The number of nitrogens with zero attached hydrogens (tertiary/aromatic N) is 1. The summed E-state index contributed by atoms with van der Waals surface area (Å²) >= 11 is 11.9. The molecular weight excluding hydrogens is 283 g/mol. The normalized spacial score (nSPS) is 20.3. The van der Waals surface area contributed by atoms with Crippen LogP contribution in [0, 0.1) is 0 Å². The maximum Gasteiger partial charge on any atom is 0.238 e. The highest BCUT2D eigenvalue weighted by molar-refractivity contribution is 6.35. The van der Waals surface area contributed by atoms with E-state index < -0.39 is 0 Å². The van der Waals surface area contributed by atoms with E-state index in [-0.39, 0.29) is 5.91 Å². The van der Waals surface area contributed by atoms with Gasteiger partial charge < -0.3 is 5.32 Å². The fourth-order valence-electron chi connectivity index (χ4n) is 2.36. The second kappa shape index (κ2) is 6.60. The number of rotatable bonds is 3. The predicted molar refractivity (Wildman–Crippen MR) is 80.0 cm³/mol. The number of hydrogen-bond donors (Lipinski definition) is 1. The third-order valence-electron chi connectivity index (χ3n) is 3.49. The molecule has 1 heterocycles. The average molecular weight is 301 g/mol. The average Bonchev–Trinajstić information content (AvgIpc) is 2.37. The Kier molecular flexibility index (Phi) is 5.08. The monoisotopic (exact) mass is 300 g/mol. The van der Waals surface area contributed by atoms with Crippen molar-refractivity contribution in [2.45, 2.75) is 32.2 Å². The smallest absolute Gasteiger partial charge is 0.238 e. The number of amides is 1. The van der Waals surface area contributed by atoms with Gasteiger partial charge in [0.05, 0.1) is 17.3 Å². The van der Waals surface area contributed by atoms with E-state index in [0.717, 1.165) is 19.4 Å². The minimum atomic E-state index is -0.0436. The molecule has 1 aromatic rings. The Balaban J connectivity index is 1.95. The van der Waals surface area contributed by atoms with Gasteiger partial charge in [-0.05, 0) is 44.5 Å². The first-order valence-corrected chi connectivity index (χ1v) is 7.31. The predicted octanol–water partition coefficient (Wildman–Crippen LogP) is 3.81. The zero-order chi connectivity index (χ0) is 13.8. The summed E-state index contributed by atoms with van der Waals surface area (Å²) in [6.07, 6.45) is 3.57. The van der Waals surface area contributed by atoms with Gasteiger partial charge >= 0.3 is 0 Å². The largest absolute Gasteiger partial charge is 0.324 e. The molecular formula is C14H18Cl2N2O. The maximum absolute atomic E-state index is 12.0. The topological polar surface area (TPSA) is 32.3 Å². The Labute approximate surface area is 123 Å². The summed E-state index contributed by atoms with van der Waals surface area (Å²) < 4.78 is 0. The Bertz CT molecular complexity index is 465. The number of nitrogens with one attached hydrogen (secondary N) is 1. The number of benzene rings is 1. The van der Waals surface area contributed by atoms with Gasteiger partial charge in [0.1, 0.15) is 0 Å². The van der Waals surface area contributed by atoms with Crippen LogP contribution in [0.2, 0.25) is 10.0 Å². The molecule has 104 valence electrons. The molecule has 1 saturated heterocycles. The molecule has 19 heavy (non-hydrogen) atoms. The van der Waals surface area contributed by atoms with Crippen LogP contribution in [0.15, 0.2) is 18.2 Å². The molecule has 1 atom stereocenters. The first-order chi connectivity index (χ1) is 9.06. The number of halogens is 2. The molecule has 1 fully saturated rings. The molecule has 0 aliphatic carbocycles. The molecule has 1 unspecified atom stereocenters. The second-order valence-electron chi connectivity index (χ2n) is 4.99. The summed E-state index contributed by atoms with van der Waals surface area (Å²) in [5.41, 5.74) is 0.573. The minimum Gasteiger partial charge on any atom is -0.324 e. The molecule has 0 spiro atoms. The van der Waals surface area contributed by atoms with Crippen LogP contribution in [0.5, 0.6) is 0 Å². The third kappa shape index (κ3) is 4.10. The maximum atomic E-state index is 12.0. The van der Waals surface area contributed by atoms with Crippen LogP contribution in [-0.4, -0.2) is 29.9 Å². The van der Waals surface area contributed by atoms with Crippen molar-refractivity contribution in [1.82, 2.24) is 4.90 Å². The van der Waals surface area contributed by atoms with Crippen LogP contribution in [0.3, 0.4) is 0 Å². The summed E-state index contributed by atoms with van der Waals surface area (Å²) in [4.78, 5) is 14.2. The summed E-state index contributed by atoms with van der Waals surface area (Å²) in [5.74, 6) is -0.0436. The lowest BCUT2D eigenvalue weighted by atomic mass is 10.0. The second-order valence-corrected chi connectivity index (χ2v) is 5.83. The van der Waals surface area contributed by atoms with Crippen molar-refractivity contribution in [2.24, 2.45) is 0 Å². The number of likely N-dealkylation sites (tertiary alicyclic amines) is 1. The lowest BCUT2D eigenvalue weighted by molar-refractivity contribution is -0.118. The number of hydrogen-bond acceptors (Lipinski definition) is 2. The van der Waals surface area contributed by atoms with Gasteiger partial charge in [0.15, 0.2) is 0 Å². The molecule has 2 rings (SSSR count). The molecule has 0 saturated carbocycles. The molecule has 0 aromatic heterocycles. The van der Waals surface area contributed by atoms with Gasteiger partial charge in [0.25, 0.3) is 0 Å². The van der Waals surface area contributed by atoms with Crippen LogP contribution < -0.4 is 5.32 Å². The summed E-state index contributed by atoms with van der Waals surface area (Å²) in [6, 6.07) is 5.52. The van der Waals surface area contributed by atoms with Gasteiger partial charge in [0.2, 0.25) is 5.91 Å². The van der Waals surface area contributed by atoms with Crippen molar-refractivity contribution < 1.29 is 4.79 Å². The van der Waals surface area contributed by atoms with Crippen molar-refractivity contribution in [1.29, 1.82) is 0 Å². The van der Waals surface area contributed by atoms with E-state index in [4.69, 9.17) is 23.2 Å². The van der Waals surface area contributed by atoms with Gasteiger partial charge in [-0.2, -0.15) is 0 Å². The Morgan fingerprint density at radius 2 is 2.21 bits per heavy atom. The van der Waals surface area contributed by atoms with Gasteiger partial charge in [-0.15, -0.1) is 0 Å². The van der Waals surface area contributed by atoms with Crippen molar-refractivity contribution in [3.05, 3.63) is 28.2 Å². The van der Waals surface area contributed by atoms with E-state index in [1.807, 2.05) is 0 Å². The molecule has 1 aliphatic rings. The fraction of sp³-hybridized carbons (Fsp3) is 0.500.